The van der Waals surface area contributed by atoms with Gasteiger partial charge in [0.15, 0.2) is 0 Å². The van der Waals surface area contributed by atoms with Crippen LogP contribution in [0.15, 0.2) is 0 Å². The minimum atomic E-state index is -3.35. The zero-order valence-corrected chi connectivity index (χ0v) is 18.1. The molecule has 0 aliphatic rings. The van der Waals surface area contributed by atoms with Crippen LogP contribution in [0, 0.1) is 0 Å². The second-order valence-corrected chi connectivity index (χ2v) is 15.6. The summed E-state index contributed by atoms with van der Waals surface area (Å²) in [4.78, 5) is 26.5. The number of hydrogen-bond acceptors (Lipinski definition) is 4. The van der Waals surface area contributed by atoms with Crippen molar-refractivity contribution >= 4 is 19.3 Å². The van der Waals surface area contributed by atoms with Crippen LogP contribution in [0.5, 0.6) is 0 Å². The third kappa shape index (κ3) is 5.06. The molecule has 0 aromatic carbocycles. The van der Waals surface area contributed by atoms with Crippen molar-refractivity contribution in [3.8, 4) is 0 Å². The summed E-state index contributed by atoms with van der Waals surface area (Å²) in [5.74, 6) is 0. The second-order valence-electron chi connectivity index (χ2n) is 10.3. The molecule has 0 saturated heterocycles. The van der Waals surface area contributed by atoms with Crippen LogP contribution in [0.1, 0.15) is 83.1 Å². The maximum Gasteiger partial charge on any atom is 0.322 e. The molecule has 0 aromatic rings. The SMILES string of the molecule is CC(C)(C)OC(=O)[Si](C(=O)OC(C)(C)C)(C(C)(C)C)C(C)(C)C. The Bertz CT molecular complexity index is 409. The van der Waals surface area contributed by atoms with Gasteiger partial charge in [-0.3, -0.25) is 9.59 Å². The van der Waals surface area contributed by atoms with Gasteiger partial charge in [0.25, 0.3) is 11.2 Å². The van der Waals surface area contributed by atoms with Crippen molar-refractivity contribution in [2.24, 2.45) is 0 Å². The van der Waals surface area contributed by atoms with E-state index in [9.17, 15) is 9.59 Å². The molecule has 0 bridgehead atoms. The third-order valence-corrected chi connectivity index (χ3v) is 9.59. The van der Waals surface area contributed by atoms with Gasteiger partial charge in [0.1, 0.15) is 11.2 Å². The van der Waals surface area contributed by atoms with Crippen molar-refractivity contribution in [1.82, 2.24) is 0 Å². The Morgan fingerprint density at radius 1 is 0.565 bits per heavy atom. The van der Waals surface area contributed by atoms with Gasteiger partial charge < -0.3 is 9.47 Å². The molecule has 0 radical (unpaired) electrons. The smallest absolute Gasteiger partial charge is 0.322 e. The van der Waals surface area contributed by atoms with E-state index in [1.807, 2.05) is 83.1 Å². The van der Waals surface area contributed by atoms with Gasteiger partial charge in [-0.1, -0.05) is 41.5 Å². The average Bonchev–Trinajstić information content (AvgIpc) is 2.04. The highest BCUT2D eigenvalue weighted by Gasteiger charge is 2.68. The van der Waals surface area contributed by atoms with Gasteiger partial charge in [0.2, 0.25) is 0 Å². The van der Waals surface area contributed by atoms with Crippen LogP contribution in [-0.4, -0.2) is 30.5 Å². The van der Waals surface area contributed by atoms with Gasteiger partial charge >= 0.3 is 8.07 Å². The highest BCUT2D eigenvalue weighted by Crippen LogP contribution is 2.53. The monoisotopic (exact) mass is 344 g/mol. The lowest BCUT2D eigenvalue weighted by Crippen LogP contribution is -2.66. The Labute approximate surface area is 143 Å². The molecule has 23 heavy (non-hydrogen) atoms. The van der Waals surface area contributed by atoms with E-state index in [-0.39, 0.29) is 11.2 Å². The Morgan fingerprint density at radius 2 is 0.783 bits per heavy atom. The molecule has 0 N–H and O–H groups in total. The average molecular weight is 345 g/mol. The minimum absolute atomic E-state index is 0.390. The van der Waals surface area contributed by atoms with Crippen molar-refractivity contribution < 1.29 is 19.1 Å². The fourth-order valence-electron chi connectivity index (χ4n) is 3.14. The van der Waals surface area contributed by atoms with Crippen LogP contribution in [0.2, 0.25) is 10.1 Å². The molecular formula is C18H36O4Si. The van der Waals surface area contributed by atoms with E-state index in [0.717, 1.165) is 0 Å². The Kier molecular flexibility index (Phi) is 6.00. The van der Waals surface area contributed by atoms with E-state index in [1.165, 1.54) is 0 Å². The molecule has 0 rings (SSSR count). The lowest BCUT2D eigenvalue weighted by Gasteiger charge is -2.47. The number of rotatable bonds is 2. The van der Waals surface area contributed by atoms with Gasteiger partial charge in [-0.25, -0.2) is 0 Å². The summed E-state index contributed by atoms with van der Waals surface area (Å²) < 4.78 is 11.4. The molecule has 5 heteroatoms. The van der Waals surface area contributed by atoms with Crippen LogP contribution in [0.4, 0.5) is 9.59 Å². The van der Waals surface area contributed by atoms with Crippen molar-refractivity contribution in [3.63, 3.8) is 0 Å². The predicted octanol–water partition coefficient (Wildman–Crippen LogP) is 6.07. The van der Waals surface area contributed by atoms with Crippen LogP contribution in [0.25, 0.3) is 0 Å². The molecule has 0 fully saturated rings. The number of carbonyl (C=O) groups is 2. The van der Waals surface area contributed by atoms with Crippen LogP contribution in [0.3, 0.4) is 0 Å². The van der Waals surface area contributed by atoms with Gasteiger partial charge in [-0.15, -0.1) is 0 Å². The number of carbonyl (C=O) groups excluding carboxylic acids is 2. The topological polar surface area (TPSA) is 52.6 Å². The molecule has 136 valence electrons. The number of hydrogen-bond donors (Lipinski definition) is 0. The molecule has 0 saturated carbocycles. The van der Waals surface area contributed by atoms with Gasteiger partial charge in [0, 0.05) is 0 Å². The van der Waals surface area contributed by atoms with Gasteiger partial charge in [0.05, 0.1) is 0 Å². The summed E-state index contributed by atoms with van der Waals surface area (Å²) in [7, 11) is -3.35. The largest absolute Gasteiger partial charge is 0.464 e. The van der Waals surface area contributed by atoms with Crippen molar-refractivity contribution in [3.05, 3.63) is 0 Å². The maximum absolute atomic E-state index is 13.2. The molecule has 4 nitrogen and oxygen atoms in total. The summed E-state index contributed by atoms with van der Waals surface area (Å²) in [5, 5.41) is -1.06. The quantitative estimate of drug-likeness (QED) is 0.570. The first kappa shape index (κ1) is 22.2. The minimum Gasteiger partial charge on any atom is -0.464 e. The van der Waals surface area contributed by atoms with E-state index in [1.54, 1.807) is 0 Å². The highest BCUT2D eigenvalue weighted by molar-refractivity contribution is 7.26. The normalized spacial score (nSPS) is 14.4. The third-order valence-electron chi connectivity index (χ3n) is 3.66. The first-order chi connectivity index (χ1) is 9.76. The van der Waals surface area contributed by atoms with Gasteiger partial charge in [-0.05, 0) is 51.6 Å². The predicted molar refractivity (Wildman–Crippen MR) is 97.7 cm³/mol. The van der Waals surface area contributed by atoms with Crippen molar-refractivity contribution in [1.29, 1.82) is 0 Å². The lowest BCUT2D eigenvalue weighted by molar-refractivity contribution is 0.0604. The summed E-state index contributed by atoms with van der Waals surface area (Å²) in [6.45, 7) is 22.6. The first-order valence-corrected chi connectivity index (χ1v) is 10.2. The molecule has 0 unspecified atom stereocenters. The fraction of sp³-hybridized carbons (Fsp3) is 0.889. The summed E-state index contributed by atoms with van der Waals surface area (Å²) in [6.07, 6.45) is 0. The molecule has 0 spiro atoms. The Hall–Kier alpha value is -0.843. The van der Waals surface area contributed by atoms with E-state index in [2.05, 4.69) is 0 Å². The van der Waals surface area contributed by atoms with E-state index in [4.69, 9.17) is 9.47 Å². The standard InChI is InChI=1S/C18H36O4Si/c1-15(2,3)21-13(19)23(17(7,8)9,18(10,11)12)14(20)22-16(4,5)6/h1-12H3. The van der Waals surface area contributed by atoms with E-state index in [0.29, 0.717) is 0 Å². The Morgan fingerprint density at radius 3 is 0.913 bits per heavy atom. The molecule has 0 aliphatic carbocycles. The van der Waals surface area contributed by atoms with Crippen molar-refractivity contribution in [2.45, 2.75) is 104 Å². The maximum atomic E-state index is 13.2. The van der Waals surface area contributed by atoms with Crippen LogP contribution >= 0.6 is 0 Å². The first-order valence-electron chi connectivity index (χ1n) is 8.22. The fourth-order valence-corrected chi connectivity index (χ4v) is 8.93. The molecule has 0 heterocycles. The van der Waals surface area contributed by atoms with Crippen LogP contribution < -0.4 is 0 Å². The molecular weight excluding hydrogens is 308 g/mol. The summed E-state index contributed by atoms with van der Waals surface area (Å²) >= 11 is 0. The number of ether oxygens (including phenoxy) is 2. The van der Waals surface area contributed by atoms with Crippen molar-refractivity contribution in [2.75, 3.05) is 0 Å². The zero-order chi connectivity index (χ0) is 19.1. The molecule has 0 amide bonds. The lowest BCUT2D eigenvalue weighted by atomic mass is 10.2. The van der Waals surface area contributed by atoms with E-state index < -0.39 is 29.4 Å². The second kappa shape index (κ2) is 6.23. The van der Waals surface area contributed by atoms with Crippen LogP contribution in [-0.2, 0) is 9.47 Å². The van der Waals surface area contributed by atoms with Gasteiger partial charge in [-0.2, -0.15) is 0 Å². The molecule has 0 atom stereocenters. The summed E-state index contributed by atoms with van der Waals surface area (Å²) in [6, 6.07) is 0. The summed E-state index contributed by atoms with van der Waals surface area (Å²) in [5.41, 5.74) is -2.07. The highest BCUT2D eigenvalue weighted by atomic mass is 28.3. The molecule has 0 aliphatic heterocycles. The van der Waals surface area contributed by atoms with E-state index >= 15 is 0 Å². The Balaban J connectivity index is 6.36. The zero-order valence-electron chi connectivity index (χ0n) is 17.1. The molecule has 0 aromatic heterocycles.